The van der Waals surface area contributed by atoms with Crippen molar-refractivity contribution >= 4 is 33.7 Å². The van der Waals surface area contributed by atoms with Crippen LogP contribution in [0.4, 0.5) is 5.69 Å². The molecule has 126 valence electrons. The summed E-state index contributed by atoms with van der Waals surface area (Å²) in [6.45, 7) is 0.130. The van der Waals surface area contributed by atoms with E-state index in [4.69, 9.17) is 9.47 Å². The van der Waals surface area contributed by atoms with Gasteiger partial charge in [-0.2, -0.15) is 5.10 Å². The van der Waals surface area contributed by atoms with Gasteiger partial charge in [-0.15, -0.1) is 0 Å². The summed E-state index contributed by atoms with van der Waals surface area (Å²) in [5.41, 5.74) is 4.11. The van der Waals surface area contributed by atoms with Gasteiger partial charge in [0.15, 0.2) is 11.5 Å². The maximum absolute atomic E-state index is 11.8. The summed E-state index contributed by atoms with van der Waals surface area (Å²) in [6.07, 6.45) is 1.54. The molecule has 0 heterocycles. The van der Waals surface area contributed by atoms with Crippen LogP contribution in [-0.2, 0) is 4.79 Å². The Morgan fingerprint density at radius 1 is 1.12 bits per heavy atom. The zero-order valence-electron chi connectivity index (χ0n) is 13.4. The van der Waals surface area contributed by atoms with Crippen molar-refractivity contribution in [3.63, 3.8) is 0 Å². The second kappa shape index (κ2) is 8.93. The first-order chi connectivity index (χ1) is 11.6. The van der Waals surface area contributed by atoms with Crippen molar-refractivity contribution < 1.29 is 14.3 Å². The Labute approximate surface area is 149 Å². The monoisotopic (exact) mass is 391 g/mol. The molecular weight excluding hydrogens is 374 g/mol. The minimum absolute atomic E-state index is 0.130. The Bertz CT molecular complexity index is 718. The number of ether oxygens (including phenoxy) is 2. The molecule has 6 nitrogen and oxygen atoms in total. The minimum atomic E-state index is -0.241. The van der Waals surface area contributed by atoms with Gasteiger partial charge in [-0.25, -0.2) is 5.43 Å². The number of nitrogens with one attached hydrogen (secondary N) is 2. The molecule has 24 heavy (non-hydrogen) atoms. The van der Waals surface area contributed by atoms with Crippen LogP contribution in [0.1, 0.15) is 5.56 Å². The van der Waals surface area contributed by atoms with Crippen LogP contribution in [0.15, 0.2) is 52.0 Å². The standard InChI is InChI=1S/C17H18BrN3O3/c1-23-15-8-3-12(9-16(15)24-2)10-20-21-17(22)11-19-14-6-4-13(18)5-7-14/h3-10,19H,11H2,1-2H3,(H,21,22)/b20-10+. The van der Waals surface area contributed by atoms with Crippen LogP contribution >= 0.6 is 15.9 Å². The molecule has 0 aliphatic heterocycles. The van der Waals surface area contributed by atoms with Crippen LogP contribution in [0.3, 0.4) is 0 Å². The molecule has 0 aliphatic rings. The van der Waals surface area contributed by atoms with Gasteiger partial charge in [0.2, 0.25) is 0 Å². The van der Waals surface area contributed by atoms with E-state index in [2.05, 4.69) is 31.8 Å². The van der Waals surface area contributed by atoms with Crippen molar-refractivity contribution in [1.29, 1.82) is 0 Å². The molecule has 0 aliphatic carbocycles. The molecule has 0 aromatic heterocycles. The number of hydrogen-bond acceptors (Lipinski definition) is 5. The van der Waals surface area contributed by atoms with Gasteiger partial charge in [-0.3, -0.25) is 4.79 Å². The van der Waals surface area contributed by atoms with Crippen molar-refractivity contribution in [2.24, 2.45) is 5.10 Å². The zero-order chi connectivity index (χ0) is 17.4. The van der Waals surface area contributed by atoms with Gasteiger partial charge in [0.05, 0.1) is 27.0 Å². The fraction of sp³-hybridized carbons (Fsp3) is 0.176. The van der Waals surface area contributed by atoms with Gasteiger partial charge in [0.25, 0.3) is 5.91 Å². The summed E-state index contributed by atoms with van der Waals surface area (Å²) in [6, 6.07) is 12.9. The molecule has 0 saturated carbocycles. The summed E-state index contributed by atoms with van der Waals surface area (Å²) in [5.74, 6) is 0.997. The molecule has 0 fully saturated rings. The van der Waals surface area contributed by atoms with Crippen LogP contribution in [0.25, 0.3) is 0 Å². The van der Waals surface area contributed by atoms with Gasteiger partial charge < -0.3 is 14.8 Å². The number of nitrogens with zero attached hydrogens (tertiary/aromatic N) is 1. The van der Waals surface area contributed by atoms with Gasteiger partial charge in [0.1, 0.15) is 0 Å². The lowest BCUT2D eigenvalue weighted by Gasteiger charge is -2.07. The number of amides is 1. The highest BCUT2D eigenvalue weighted by Gasteiger charge is 2.03. The molecule has 0 bridgehead atoms. The molecule has 0 atom stereocenters. The zero-order valence-corrected chi connectivity index (χ0v) is 15.0. The third-order valence-electron chi connectivity index (χ3n) is 3.11. The van der Waals surface area contributed by atoms with Crippen LogP contribution in [0, 0.1) is 0 Å². The van der Waals surface area contributed by atoms with E-state index >= 15 is 0 Å². The van der Waals surface area contributed by atoms with Crippen molar-refractivity contribution in [3.05, 3.63) is 52.5 Å². The first kappa shape index (κ1) is 17.8. The van der Waals surface area contributed by atoms with Gasteiger partial charge in [-0.1, -0.05) is 15.9 Å². The van der Waals surface area contributed by atoms with Crippen molar-refractivity contribution in [3.8, 4) is 11.5 Å². The first-order valence-electron chi connectivity index (χ1n) is 7.15. The predicted octanol–water partition coefficient (Wildman–Crippen LogP) is 3.03. The van der Waals surface area contributed by atoms with Crippen LogP contribution in [0.5, 0.6) is 11.5 Å². The highest BCUT2D eigenvalue weighted by Crippen LogP contribution is 2.26. The molecule has 0 spiro atoms. The lowest BCUT2D eigenvalue weighted by atomic mass is 10.2. The van der Waals surface area contributed by atoms with Crippen LogP contribution < -0.4 is 20.2 Å². The lowest BCUT2D eigenvalue weighted by molar-refractivity contribution is -0.119. The maximum Gasteiger partial charge on any atom is 0.259 e. The average Bonchev–Trinajstić information content (AvgIpc) is 2.61. The number of carbonyl (C=O) groups excluding carboxylic acids is 1. The Morgan fingerprint density at radius 2 is 1.83 bits per heavy atom. The van der Waals surface area contributed by atoms with E-state index in [1.165, 1.54) is 0 Å². The number of methoxy groups -OCH3 is 2. The molecule has 2 aromatic rings. The fourth-order valence-electron chi connectivity index (χ4n) is 1.90. The Kier molecular flexibility index (Phi) is 6.62. The molecule has 2 aromatic carbocycles. The molecule has 2 N–H and O–H groups in total. The second-order valence-electron chi connectivity index (χ2n) is 4.77. The third kappa shape index (κ3) is 5.27. The Hall–Kier alpha value is -2.54. The van der Waals surface area contributed by atoms with Gasteiger partial charge in [-0.05, 0) is 48.0 Å². The average molecular weight is 392 g/mol. The van der Waals surface area contributed by atoms with Crippen molar-refractivity contribution in [2.75, 3.05) is 26.1 Å². The second-order valence-corrected chi connectivity index (χ2v) is 5.68. The van der Waals surface area contributed by atoms with E-state index < -0.39 is 0 Å². The minimum Gasteiger partial charge on any atom is -0.493 e. The molecular formula is C17H18BrN3O3. The molecule has 1 amide bonds. The van der Waals surface area contributed by atoms with E-state index in [9.17, 15) is 4.79 Å². The summed E-state index contributed by atoms with van der Waals surface area (Å²) in [7, 11) is 3.14. The van der Waals surface area contributed by atoms with E-state index in [0.717, 1.165) is 15.7 Å². The molecule has 2 rings (SSSR count). The summed E-state index contributed by atoms with van der Waals surface area (Å²) in [5, 5.41) is 6.94. The van der Waals surface area contributed by atoms with Gasteiger partial charge in [0, 0.05) is 10.2 Å². The van der Waals surface area contributed by atoms with E-state index in [1.807, 2.05) is 30.3 Å². The van der Waals surface area contributed by atoms with E-state index in [-0.39, 0.29) is 12.5 Å². The SMILES string of the molecule is COc1ccc(/C=N/NC(=O)CNc2ccc(Br)cc2)cc1OC. The highest BCUT2D eigenvalue weighted by molar-refractivity contribution is 9.10. The molecule has 0 radical (unpaired) electrons. The summed E-state index contributed by atoms with van der Waals surface area (Å²) >= 11 is 3.36. The highest BCUT2D eigenvalue weighted by atomic mass is 79.9. The summed E-state index contributed by atoms with van der Waals surface area (Å²) < 4.78 is 11.4. The number of hydrogen-bond donors (Lipinski definition) is 2. The predicted molar refractivity (Wildman–Crippen MR) is 97.9 cm³/mol. The smallest absolute Gasteiger partial charge is 0.259 e. The first-order valence-corrected chi connectivity index (χ1v) is 7.95. The van der Waals surface area contributed by atoms with Gasteiger partial charge >= 0.3 is 0 Å². The summed E-state index contributed by atoms with van der Waals surface area (Å²) in [4.78, 5) is 11.8. The maximum atomic E-state index is 11.8. The number of hydrazone groups is 1. The molecule has 7 heteroatoms. The number of rotatable bonds is 7. The van der Waals surface area contributed by atoms with Crippen LogP contribution in [0.2, 0.25) is 0 Å². The Balaban J connectivity index is 1.84. The lowest BCUT2D eigenvalue weighted by Crippen LogP contribution is -2.25. The van der Waals surface area contributed by atoms with E-state index in [1.54, 1.807) is 32.6 Å². The number of anilines is 1. The number of carbonyl (C=O) groups is 1. The topological polar surface area (TPSA) is 72.0 Å². The molecule has 0 saturated heterocycles. The number of halogens is 1. The number of benzene rings is 2. The van der Waals surface area contributed by atoms with Crippen molar-refractivity contribution in [1.82, 2.24) is 5.43 Å². The van der Waals surface area contributed by atoms with E-state index in [0.29, 0.717) is 11.5 Å². The van der Waals surface area contributed by atoms with Crippen molar-refractivity contribution in [2.45, 2.75) is 0 Å². The third-order valence-corrected chi connectivity index (χ3v) is 3.64. The van der Waals surface area contributed by atoms with Crippen LogP contribution in [-0.4, -0.2) is 32.9 Å². The quantitative estimate of drug-likeness (QED) is 0.561. The fourth-order valence-corrected chi connectivity index (χ4v) is 2.17. The largest absolute Gasteiger partial charge is 0.493 e. The molecule has 0 unspecified atom stereocenters. The Morgan fingerprint density at radius 3 is 2.50 bits per heavy atom. The normalized spacial score (nSPS) is 10.5.